The molecule has 1 fully saturated rings. The summed E-state index contributed by atoms with van der Waals surface area (Å²) >= 11 is 0. The van der Waals surface area contributed by atoms with E-state index in [1.807, 2.05) is 0 Å². The molecule has 1 aromatic heterocycles. The maximum atomic E-state index is 12.7. The molecule has 1 aliphatic heterocycles. The number of carbonyl (C=O) groups is 3. The zero-order valence-corrected chi connectivity index (χ0v) is 17.5. The molecule has 9 heteroatoms. The second-order valence-electron chi connectivity index (χ2n) is 7.75. The van der Waals surface area contributed by atoms with Gasteiger partial charge in [-0.3, -0.25) is 19.3 Å². The number of nitrogens with zero attached hydrogens (tertiary/aromatic N) is 2. The standard InChI is InChI=1S/C20H32N4O5/c1-14(2)8-9-21-18(25)6-7-20(27)24(17-11-15(3)29-23-17)13-19(26)22-12-16-5-4-10-28-16/h11,14,16H,4-10,12-13H2,1-3H3,(H,21,25)(H,22,26)/t16-/m0/s1. The van der Waals surface area contributed by atoms with Gasteiger partial charge in [0.05, 0.1) is 6.10 Å². The molecule has 0 saturated carbocycles. The summed E-state index contributed by atoms with van der Waals surface area (Å²) < 4.78 is 10.5. The van der Waals surface area contributed by atoms with Gasteiger partial charge < -0.3 is 19.9 Å². The molecule has 0 aromatic carbocycles. The molecule has 2 N–H and O–H groups in total. The van der Waals surface area contributed by atoms with E-state index in [1.54, 1.807) is 13.0 Å². The minimum absolute atomic E-state index is 0.0154. The number of ether oxygens (including phenoxy) is 1. The fourth-order valence-corrected chi connectivity index (χ4v) is 2.95. The van der Waals surface area contributed by atoms with Gasteiger partial charge in [-0.05, 0) is 32.1 Å². The van der Waals surface area contributed by atoms with Crippen LogP contribution in [0.2, 0.25) is 0 Å². The number of amides is 3. The number of aryl methyl sites for hydroxylation is 1. The molecule has 1 aromatic rings. The van der Waals surface area contributed by atoms with Crippen LogP contribution in [-0.2, 0) is 19.1 Å². The van der Waals surface area contributed by atoms with E-state index < -0.39 is 0 Å². The topological polar surface area (TPSA) is 114 Å². The van der Waals surface area contributed by atoms with E-state index in [2.05, 4.69) is 29.6 Å². The maximum absolute atomic E-state index is 12.7. The number of anilines is 1. The van der Waals surface area contributed by atoms with Crippen LogP contribution >= 0.6 is 0 Å². The zero-order chi connectivity index (χ0) is 21.2. The molecule has 0 bridgehead atoms. The Labute approximate surface area is 171 Å². The average molecular weight is 408 g/mol. The van der Waals surface area contributed by atoms with Crippen molar-refractivity contribution in [2.24, 2.45) is 5.92 Å². The molecule has 0 radical (unpaired) electrons. The molecule has 29 heavy (non-hydrogen) atoms. The van der Waals surface area contributed by atoms with Crippen LogP contribution in [0, 0.1) is 12.8 Å². The van der Waals surface area contributed by atoms with Gasteiger partial charge >= 0.3 is 0 Å². The first-order valence-electron chi connectivity index (χ1n) is 10.2. The first-order valence-corrected chi connectivity index (χ1v) is 10.2. The van der Waals surface area contributed by atoms with Crippen LogP contribution in [0.5, 0.6) is 0 Å². The van der Waals surface area contributed by atoms with Crippen LogP contribution in [0.1, 0.15) is 51.7 Å². The SMILES string of the molecule is Cc1cc(N(CC(=O)NC[C@@H]2CCCO2)C(=O)CCC(=O)NCCC(C)C)no1. The van der Waals surface area contributed by atoms with Gasteiger partial charge in [-0.25, -0.2) is 0 Å². The molecule has 0 aliphatic carbocycles. The van der Waals surface area contributed by atoms with Crippen LogP contribution in [0.3, 0.4) is 0 Å². The van der Waals surface area contributed by atoms with Crippen molar-refractivity contribution in [2.75, 3.05) is 31.1 Å². The lowest BCUT2D eigenvalue weighted by Crippen LogP contribution is -2.43. The lowest BCUT2D eigenvalue weighted by molar-refractivity contribution is -0.126. The second-order valence-corrected chi connectivity index (χ2v) is 7.75. The normalized spacial score (nSPS) is 16.1. The number of aromatic nitrogens is 1. The lowest BCUT2D eigenvalue weighted by atomic mass is 10.1. The first kappa shape index (κ1) is 22.9. The Balaban J connectivity index is 1.86. The number of hydrogen-bond acceptors (Lipinski definition) is 6. The fraction of sp³-hybridized carbons (Fsp3) is 0.700. The van der Waals surface area contributed by atoms with Gasteiger partial charge in [0.1, 0.15) is 12.3 Å². The predicted octanol–water partition coefficient (Wildman–Crippen LogP) is 1.55. The minimum atomic E-state index is -0.357. The summed E-state index contributed by atoms with van der Waals surface area (Å²) in [7, 11) is 0. The molecule has 1 aliphatic rings. The highest BCUT2D eigenvalue weighted by Crippen LogP contribution is 2.16. The van der Waals surface area contributed by atoms with Crippen molar-refractivity contribution in [3.63, 3.8) is 0 Å². The van der Waals surface area contributed by atoms with E-state index >= 15 is 0 Å². The summed E-state index contributed by atoms with van der Waals surface area (Å²) in [5.41, 5.74) is 0. The van der Waals surface area contributed by atoms with Gasteiger partial charge in [-0.1, -0.05) is 19.0 Å². The molecule has 0 unspecified atom stereocenters. The van der Waals surface area contributed by atoms with Crippen molar-refractivity contribution in [3.8, 4) is 0 Å². The third-order valence-corrected chi connectivity index (χ3v) is 4.66. The lowest BCUT2D eigenvalue weighted by Gasteiger charge is -2.20. The molecule has 1 saturated heterocycles. The Bertz CT molecular complexity index is 682. The highest BCUT2D eigenvalue weighted by Gasteiger charge is 2.24. The molecular weight excluding hydrogens is 376 g/mol. The highest BCUT2D eigenvalue weighted by molar-refractivity contribution is 5.99. The summed E-state index contributed by atoms with van der Waals surface area (Å²) in [4.78, 5) is 38.2. The second kappa shape index (κ2) is 11.5. The van der Waals surface area contributed by atoms with Crippen molar-refractivity contribution in [1.29, 1.82) is 0 Å². The molecule has 3 amide bonds. The van der Waals surface area contributed by atoms with Crippen LogP contribution in [0.25, 0.3) is 0 Å². The van der Waals surface area contributed by atoms with Crippen LogP contribution < -0.4 is 15.5 Å². The number of carbonyl (C=O) groups excluding carboxylic acids is 3. The Morgan fingerprint density at radius 1 is 1.24 bits per heavy atom. The van der Waals surface area contributed by atoms with Crippen LogP contribution in [-0.4, -0.2) is 55.2 Å². The Kier molecular flexibility index (Phi) is 9.11. The minimum Gasteiger partial charge on any atom is -0.376 e. The third kappa shape index (κ3) is 8.23. The van der Waals surface area contributed by atoms with Crippen LogP contribution in [0.15, 0.2) is 10.6 Å². The fourth-order valence-electron chi connectivity index (χ4n) is 2.95. The smallest absolute Gasteiger partial charge is 0.240 e. The van der Waals surface area contributed by atoms with Gasteiger partial charge in [-0.2, -0.15) is 0 Å². The Morgan fingerprint density at radius 3 is 2.66 bits per heavy atom. The predicted molar refractivity (Wildman–Crippen MR) is 107 cm³/mol. The molecule has 1 atom stereocenters. The highest BCUT2D eigenvalue weighted by atomic mass is 16.5. The van der Waals surface area contributed by atoms with Gasteiger partial charge in [0.2, 0.25) is 17.7 Å². The number of rotatable bonds is 11. The summed E-state index contributed by atoms with van der Waals surface area (Å²) in [6, 6.07) is 1.59. The quantitative estimate of drug-likeness (QED) is 0.574. The molecule has 2 rings (SSSR count). The Morgan fingerprint density at radius 2 is 2.03 bits per heavy atom. The van der Waals surface area contributed by atoms with Crippen molar-refractivity contribution < 1.29 is 23.6 Å². The summed E-state index contributed by atoms with van der Waals surface area (Å²) in [6.07, 6.45) is 2.85. The van der Waals surface area contributed by atoms with Gasteiger partial charge in [0.25, 0.3) is 0 Å². The van der Waals surface area contributed by atoms with E-state index in [1.165, 1.54) is 4.90 Å². The average Bonchev–Trinajstić information content (AvgIpc) is 3.34. The molecule has 2 heterocycles. The van der Waals surface area contributed by atoms with Crippen LogP contribution in [0.4, 0.5) is 5.82 Å². The maximum Gasteiger partial charge on any atom is 0.240 e. The van der Waals surface area contributed by atoms with E-state index in [0.717, 1.165) is 19.3 Å². The van der Waals surface area contributed by atoms with Gasteiger partial charge in [-0.15, -0.1) is 0 Å². The largest absolute Gasteiger partial charge is 0.376 e. The molecule has 0 spiro atoms. The van der Waals surface area contributed by atoms with Gasteiger partial charge in [0.15, 0.2) is 5.82 Å². The van der Waals surface area contributed by atoms with E-state index in [-0.39, 0.29) is 49.0 Å². The van der Waals surface area contributed by atoms with Crippen molar-refractivity contribution in [3.05, 3.63) is 11.8 Å². The molecule has 162 valence electrons. The summed E-state index contributed by atoms with van der Waals surface area (Å²) in [5, 5.41) is 9.45. The summed E-state index contributed by atoms with van der Waals surface area (Å²) in [6.45, 7) is 7.39. The van der Waals surface area contributed by atoms with E-state index in [4.69, 9.17) is 9.26 Å². The van der Waals surface area contributed by atoms with Crippen molar-refractivity contribution >= 4 is 23.5 Å². The van der Waals surface area contributed by atoms with Gasteiger partial charge in [0, 0.05) is 38.6 Å². The number of hydrogen-bond donors (Lipinski definition) is 2. The van der Waals surface area contributed by atoms with E-state index in [9.17, 15) is 14.4 Å². The third-order valence-electron chi connectivity index (χ3n) is 4.66. The van der Waals surface area contributed by atoms with E-state index in [0.29, 0.717) is 31.4 Å². The number of nitrogens with one attached hydrogen (secondary N) is 2. The zero-order valence-electron chi connectivity index (χ0n) is 17.5. The Hall–Kier alpha value is -2.42. The molecular formula is C20H32N4O5. The monoisotopic (exact) mass is 408 g/mol. The van der Waals surface area contributed by atoms with Crippen molar-refractivity contribution in [1.82, 2.24) is 15.8 Å². The first-order chi connectivity index (χ1) is 13.8. The molecule has 9 nitrogen and oxygen atoms in total. The summed E-state index contributed by atoms with van der Waals surface area (Å²) in [5.74, 6) is 0.443. The van der Waals surface area contributed by atoms with Crippen molar-refractivity contribution in [2.45, 2.75) is 59.0 Å².